The van der Waals surface area contributed by atoms with Gasteiger partial charge in [-0.2, -0.15) is 0 Å². The van der Waals surface area contributed by atoms with Crippen LogP contribution in [0.5, 0.6) is 0 Å². The zero-order valence-electron chi connectivity index (χ0n) is 16.9. The number of hydrogen-bond donors (Lipinski definition) is 0. The van der Waals surface area contributed by atoms with E-state index in [-0.39, 0.29) is 28.0 Å². The van der Waals surface area contributed by atoms with E-state index in [1.165, 1.54) is 24.1 Å². The molecule has 1 unspecified atom stereocenters. The van der Waals surface area contributed by atoms with Crippen LogP contribution < -0.4 is 0 Å². The lowest BCUT2D eigenvalue weighted by Gasteiger charge is -2.29. The molecular weight excluding hydrogens is 436 g/mol. The maximum absolute atomic E-state index is 12.6. The standard InChI is InChI=1S/C19H25ClN2O7S/c1-3-4-8-29-19(24)21-6-5-7-28-11-16(21)13-9-15(22(25)26)17(10-14(13)20)30-12-18(23)27-2/h9-10,16H,3-8,11-12H2,1-2H3. The van der Waals surface area contributed by atoms with E-state index >= 15 is 0 Å². The van der Waals surface area contributed by atoms with Crippen molar-refractivity contribution in [3.63, 3.8) is 0 Å². The van der Waals surface area contributed by atoms with Gasteiger partial charge >= 0.3 is 12.1 Å². The molecule has 1 heterocycles. The van der Waals surface area contributed by atoms with Crippen molar-refractivity contribution in [1.29, 1.82) is 0 Å². The zero-order chi connectivity index (χ0) is 22.1. The Morgan fingerprint density at radius 1 is 1.43 bits per heavy atom. The van der Waals surface area contributed by atoms with Gasteiger partial charge in [0.2, 0.25) is 0 Å². The minimum atomic E-state index is -0.618. The first kappa shape index (κ1) is 24.2. The number of hydrogen-bond acceptors (Lipinski definition) is 8. The van der Waals surface area contributed by atoms with Gasteiger partial charge in [0.15, 0.2) is 0 Å². The van der Waals surface area contributed by atoms with Crippen molar-refractivity contribution in [1.82, 2.24) is 4.90 Å². The largest absolute Gasteiger partial charge is 0.468 e. The first-order chi connectivity index (χ1) is 14.4. The molecule has 1 amide bonds. The lowest BCUT2D eigenvalue weighted by Crippen LogP contribution is -2.37. The van der Waals surface area contributed by atoms with Crippen LogP contribution in [0.3, 0.4) is 0 Å². The number of esters is 1. The minimum Gasteiger partial charge on any atom is -0.468 e. The van der Waals surface area contributed by atoms with Crippen LogP contribution >= 0.6 is 23.4 Å². The number of carbonyl (C=O) groups is 2. The summed E-state index contributed by atoms with van der Waals surface area (Å²) in [4.78, 5) is 36.9. The number of ether oxygens (including phenoxy) is 3. The molecule has 11 heteroatoms. The van der Waals surface area contributed by atoms with Gasteiger partial charge < -0.3 is 14.2 Å². The number of amides is 1. The summed E-state index contributed by atoms with van der Waals surface area (Å²) in [6, 6.07) is 2.16. The van der Waals surface area contributed by atoms with Gasteiger partial charge in [0.25, 0.3) is 5.69 Å². The highest BCUT2D eigenvalue weighted by Gasteiger charge is 2.32. The number of rotatable bonds is 8. The topological polar surface area (TPSA) is 108 Å². The third kappa shape index (κ3) is 6.48. The minimum absolute atomic E-state index is 0.0879. The second-order valence-corrected chi connectivity index (χ2v) is 7.99. The molecule has 1 aliphatic rings. The molecule has 166 valence electrons. The number of carbonyl (C=O) groups excluding carboxylic acids is 2. The van der Waals surface area contributed by atoms with Crippen LogP contribution in [0.1, 0.15) is 37.8 Å². The van der Waals surface area contributed by atoms with Crippen molar-refractivity contribution < 1.29 is 28.7 Å². The highest BCUT2D eigenvalue weighted by atomic mass is 35.5. The first-order valence-electron chi connectivity index (χ1n) is 9.57. The molecule has 0 saturated carbocycles. The number of methoxy groups -OCH3 is 1. The predicted molar refractivity (Wildman–Crippen MR) is 112 cm³/mol. The molecule has 1 atom stereocenters. The van der Waals surface area contributed by atoms with E-state index in [0.29, 0.717) is 31.7 Å². The average Bonchev–Trinajstić information content (AvgIpc) is 2.97. The van der Waals surface area contributed by atoms with E-state index in [4.69, 9.17) is 21.1 Å². The Bertz CT molecular complexity index is 777. The van der Waals surface area contributed by atoms with Crippen LogP contribution in [0.15, 0.2) is 17.0 Å². The van der Waals surface area contributed by atoms with Gasteiger partial charge in [-0.05, 0) is 18.9 Å². The monoisotopic (exact) mass is 460 g/mol. The number of unbranched alkanes of at least 4 members (excludes halogenated alkanes) is 1. The summed E-state index contributed by atoms with van der Waals surface area (Å²) in [5.41, 5.74) is 0.201. The highest BCUT2D eigenvalue weighted by Crippen LogP contribution is 2.39. The molecule has 1 fully saturated rings. The van der Waals surface area contributed by atoms with Gasteiger partial charge in [-0.1, -0.05) is 24.9 Å². The summed E-state index contributed by atoms with van der Waals surface area (Å²) in [6.45, 7) is 3.29. The zero-order valence-corrected chi connectivity index (χ0v) is 18.5. The number of halogens is 1. The summed E-state index contributed by atoms with van der Waals surface area (Å²) >= 11 is 7.42. The number of benzene rings is 1. The first-order valence-corrected chi connectivity index (χ1v) is 10.9. The van der Waals surface area contributed by atoms with Crippen molar-refractivity contribution in [2.45, 2.75) is 37.1 Å². The molecule has 0 radical (unpaired) electrons. The quantitative estimate of drug-likeness (QED) is 0.186. The summed E-state index contributed by atoms with van der Waals surface area (Å²) in [7, 11) is 1.24. The SMILES string of the molecule is CCCCOC(=O)N1CCCOCC1c1cc([N+](=O)[O-])c(SCC(=O)OC)cc1Cl. The molecule has 1 aromatic rings. The Labute approximate surface area is 184 Å². The summed E-state index contributed by atoms with van der Waals surface area (Å²) in [6.07, 6.45) is 1.76. The van der Waals surface area contributed by atoms with Crippen LogP contribution in [-0.4, -0.2) is 61.1 Å². The maximum atomic E-state index is 12.6. The molecular formula is C19H25ClN2O7S. The molecule has 0 N–H and O–H groups in total. The molecule has 1 aliphatic heterocycles. The number of nitro benzene ring substituents is 1. The molecule has 9 nitrogen and oxygen atoms in total. The van der Waals surface area contributed by atoms with Gasteiger partial charge in [-0.15, -0.1) is 11.8 Å². The van der Waals surface area contributed by atoms with Crippen LogP contribution in [0.4, 0.5) is 10.5 Å². The normalized spacial score (nSPS) is 16.6. The predicted octanol–water partition coefficient (Wildman–Crippen LogP) is 4.21. The fourth-order valence-corrected chi connectivity index (χ4v) is 4.14. The Balaban J connectivity index is 2.35. The molecule has 0 bridgehead atoms. The second-order valence-electron chi connectivity index (χ2n) is 6.57. The molecule has 0 aliphatic carbocycles. The number of nitrogens with zero attached hydrogens (tertiary/aromatic N) is 2. The van der Waals surface area contributed by atoms with Crippen LogP contribution in [0.25, 0.3) is 0 Å². The third-order valence-corrected chi connectivity index (χ3v) is 5.85. The highest BCUT2D eigenvalue weighted by molar-refractivity contribution is 8.00. The maximum Gasteiger partial charge on any atom is 0.410 e. The van der Waals surface area contributed by atoms with E-state index in [9.17, 15) is 19.7 Å². The van der Waals surface area contributed by atoms with Gasteiger partial charge in [0.05, 0.1) is 41.9 Å². The van der Waals surface area contributed by atoms with E-state index in [2.05, 4.69) is 4.74 Å². The van der Waals surface area contributed by atoms with Gasteiger partial charge in [-0.3, -0.25) is 19.8 Å². The van der Waals surface area contributed by atoms with Crippen molar-refractivity contribution in [3.05, 3.63) is 32.8 Å². The number of nitro groups is 1. The van der Waals surface area contributed by atoms with Crippen LogP contribution in [0.2, 0.25) is 5.02 Å². The fourth-order valence-electron chi connectivity index (χ4n) is 2.91. The second kappa shape index (κ2) is 12.0. The Morgan fingerprint density at radius 3 is 2.87 bits per heavy atom. The lowest BCUT2D eigenvalue weighted by atomic mass is 10.1. The van der Waals surface area contributed by atoms with Gasteiger partial charge in [0, 0.05) is 29.8 Å². The van der Waals surface area contributed by atoms with Gasteiger partial charge in [0.1, 0.15) is 0 Å². The van der Waals surface area contributed by atoms with E-state index < -0.39 is 23.0 Å². The molecule has 2 rings (SSSR count). The van der Waals surface area contributed by atoms with E-state index in [1.807, 2.05) is 6.92 Å². The summed E-state index contributed by atoms with van der Waals surface area (Å²) in [5.74, 6) is -0.595. The van der Waals surface area contributed by atoms with Crippen molar-refractivity contribution in [3.8, 4) is 0 Å². The van der Waals surface area contributed by atoms with E-state index in [0.717, 1.165) is 24.6 Å². The summed E-state index contributed by atoms with van der Waals surface area (Å²) in [5, 5.41) is 11.9. The van der Waals surface area contributed by atoms with Crippen molar-refractivity contribution in [2.75, 3.05) is 39.2 Å². The smallest absolute Gasteiger partial charge is 0.410 e. The van der Waals surface area contributed by atoms with Crippen LogP contribution in [0, 0.1) is 10.1 Å². The van der Waals surface area contributed by atoms with Crippen LogP contribution in [-0.2, 0) is 19.0 Å². The molecule has 30 heavy (non-hydrogen) atoms. The molecule has 0 aromatic heterocycles. The lowest BCUT2D eigenvalue weighted by molar-refractivity contribution is -0.387. The molecule has 1 aromatic carbocycles. The Kier molecular flexibility index (Phi) is 9.67. The van der Waals surface area contributed by atoms with Gasteiger partial charge in [-0.25, -0.2) is 4.79 Å². The number of thioether (sulfide) groups is 1. The third-order valence-electron chi connectivity index (χ3n) is 4.50. The van der Waals surface area contributed by atoms with Crippen molar-refractivity contribution in [2.24, 2.45) is 0 Å². The van der Waals surface area contributed by atoms with Crippen molar-refractivity contribution >= 4 is 41.1 Å². The Hall–Kier alpha value is -2.04. The fraction of sp³-hybridized carbons (Fsp3) is 0.579. The molecule has 0 spiro atoms. The summed E-state index contributed by atoms with van der Waals surface area (Å²) < 4.78 is 15.5. The molecule has 1 saturated heterocycles. The average molecular weight is 461 g/mol. The Morgan fingerprint density at radius 2 is 2.20 bits per heavy atom. The van der Waals surface area contributed by atoms with E-state index in [1.54, 1.807) is 0 Å².